The smallest absolute Gasteiger partial charge is 0.339 e. The molecule has 0 aromatic heterocycles. The molecule has 0 spiro atoms. The summed E-state index contributed by atoms with van der Waals surface area (Å²) in [7, 11) is -2.55. The molecule has 0 aliphatic heterocycles. The van der Waals surface area contributed by atoms with E-state index in [0.29, 0.717) is 30.8 Å². The number of ether oxygens (including phenoxy) is 1. The maximum atomic E-state index is 12.8. The van der Waals surface area contributed by atoms with Crippen molar-refractivity contribution in [3.8, 4) is 5.75 Å². The van der Waals surface area contributed by atoms with Gasteiger partial charge in [0.15, 0.2) is 0 Å². The molecule has 2 aromatic rings. The van der Waals surface area contributed by atoms with Crippen molar-refractivity contribution in [2.24, 2.45) is 5.92 Å². The first-order valence-corrected chi connectivity index (χ1v) is 11.7. The summed E-state index contributed by atoms with van der Waals surface area (Å²) in [5.41, 5.74) is 1.05. The van der Waals surface area contributed by atoms with Crippen LogP contribution in [0.3, 0.4) is 0 Å². The largest absolute Gasteiger partial charge is 0.383 e. The molecule has 0 atom stereocenters. The molecule has 0 aliphatic carbocycles. The van der Waals surface area contributed by atoms with Crippen molar-refractivity contribution in [1.82, 2.24) is 4.90 Å². The Morgan fingerprint density at radius 1 is 1.06 bits per heavy atom. The van der Waals surface area contributed by atoms with E-state index in [9.17, 15) is 18.0 Å². The fraction of sp³-hybridized carbons (Fsp3) is 0.391. The maximum absolute atomic E-state index is 12.8. The third-order valence-corrected chi connectivity index (χ3v) is 5.75. The molecule has 0 fully saturated rings. The van der Waals surface area contributed by atoms with Crippen LogP contribution in [0.5, 0.6) is 5.75 Å². The number of hydrogen-bond donors (Lipinski definition) is 1. The lowest BCUT2D eigenvalue weighted by molar-refractivity contribution is -0.133. The number of methoxy groups -OCH3 is 1. The summed E-state index contributed by atoms with van der Waals surface area (Å²) >= 11 is 0. The number of nitrogens with one attached hydrogen (secondary N) is 1. The van der Waals surface area contributed by atoms with Crippen molar-refractivity contribution in [3.05, 3.63) is 54.1 Å². The molecular weight excluding hydrogens is 432 g/mol. The molecule has 9 heteroatoms. The third-order valence-electron chi connectivity index (χ3n) is 4.50. The highest BCUT2D eigenvalue weighted by Crippen LogP contribution is 2.25. The van der Waals surface area contributed by atoms with Crippen molar-refractivity contribution in [3.63, 3.8) is 0 Å². The SMILES string of the molecule is COCCN(Cc1ccccc1OS(=O)(=O)c1ccc(NC(C)=O)cc1)C(=O)CC(C)C. The van der Waals surface area contributed by atoms with Crippen LogP contribution in [-0.2, 0) is 31.0 Å². The molecule has 32 heavy (non-hydrogen) atoms. The van der Waals surface area contributed by atoms with Gasteiger partial charge in [-0.15, -0.1) is 0 Å². The minimum Gasteiger partial charge on any atom is -0.383 e. The van der Waals surface area contributed by atoms with E-state index in [1.54, 1.807) is 36.3 Å². The highest BCUT2D eigenvalue weighted by molar-refractivity contribution is 7.87. The van der Waals surface area contributed by atoms with Crippen LogP contribution in [0.4, 0.5) is 5.69 Å². The van der Waals surface area contributed by atoms with E-state index in [-0.39, 0.29) is 34.9 Å². The zero-order valence-corrected chi connectivity index (χ0v) is 19.6. The predicted octanol–water partition coefficient (Wildman–Crippen LogP) is 3.43. The molecule has 0 saturated carbocycles. The van der Waals surface area contributed by atoms with Crippen molar-refractivity contribution in [1.29, 1.82) is 0 Å². The summed E-state index contributed by atoms with van der Waals surface area (Å²) in [6.07, 6.45) is 0.381. The van der Waals surface area contributed by atoms with Gasteiger partial charge in [-0.2, -0.15) is 8.42 Å². The van der Waals surface area contributed by atoms with Gasteiger partial charge < -0.3 is 19.1 Å². The molecule has 1 N–H and O–H groups in total. The van der Waals surface area contributed by atoms with E-state index >= 15 is 0 Å². The zero-order valence-electron chi connectivity index (χ0n) is 18.8. The molecule has 0 bridgehead atoms. The summed E-state index contributed by atoms with van der Waals surface area (Å²) in [5.74, 6) is 0.0529. The number of para-hydroxylation sites is 1. The maximum Gasteiger partial charge on any atom is 0.339 e. The number of carbonyl (C=O) groups is 2. The Kier molecular flexibility index (Phi) is 9.22. The lowest BCUT2D eigenvalue weighted by Crippen LogP contribution is -2.34. The number of hydrogen-bond acceptors (Lipinski definition) is 6. The number of nitrogens with zero attached hydrogens (tertiary/aromatic N) is 1. The van der Waals surface area contributed by atoms with E-state index in [2.05, 4.69) is 5.32 Å². The fourth-order valence-electron chi connectivity index (χ4n) is 2.97. The molecule has 0 saturated heterocycles. The van der Waals surface area contributed by atoms with E-state index in [1.807, 2.05) is 13.8 Å². The molecule has 2 rings (SSSR count). The van der Waals surface area contributed by atoms with E-state index in [1.165, 1.54) is 31.2 Å². The predicted molar refractivity (Wildman–Crippen MR) is 122 cm³/mol. The Balaban J connectivity index is 2.24. The quantitative estimate of drug-likeness (QED) is 0.513. The Morgan fingerprint density at radius 3 is 2.31 bits per heavy atom. The zero-order chi connectivity index (χ0) is 23.7. The Morgan fingerprint density at radius 2 is 1.72 bits per heavy atom. The summed E-state index contributed by atoms with van der Waals surface area (Å²) in [5, 5.41) is 2.58. The summed E-state index contributed by atoms with van der Waals surface area (Å²) in [6.45, 7) is 6.24. The first-order valence-electron chi connectivity index (χ1n) is 10.3. The van der Waals surface area contributed by atoms with Crippen molar-refractivity contribution < 1.29 is 26.9 Å². The minimum atomic E-state index is -4.11. The van der Waals surface area contributed by atoms with Gasteiger partial charge in [0.25, 0.3) is 0 Å². The summed E-state index contributed by atoms with van der Waals surface area (Å²) < 4.78 is 36.2. The van der Waals surface area contributed by atoms with Gasteiger partial charge in [-0.05, 0) is 36.2 Å². The average molecular weight is 463 g/mol. The van der Waals surface area contributed by atoms with E-state index < -0.39 is 10.1 Å². The highest BCUT2D eigenvalue weighted by atomic mass is 32.2. The molecule has 8 nitrogen and oxygen atoms in total. The van der Waals surface area contributed by atoms with Crippen LogP contribution in [0.1, 0.15) is 32.8 Å². The van der Waals surface area contributed by atoms with Crippen molar-refractivity contribution in [2.75, 3.05) is 25.6 Å². The molecule has 2 aromatic carbocycles. The second-order valence-electron chi connectivity index (χ2n) is 7.76. The van der Waals surface area contributed by atoms with Gasteiger partial charge in [0.05, 0.1) is 6.61 Å². The van der Waals surface area contributed by atoms with E-state index in [0.717, 1.165) is 0 Å². The van der Waals surface area contributed by atoms with E-state index in [4.69, 9.17) is 8.92 Å². The van der Waals surface area contributed by atoms with Crippen molar-refractivity contribution >= 4 is 27.6 Å². The first kappa shape index (κ1) is 25.4. The topological polar surface area (TPSA) is 102 Å². The van der Waals surface area contributed by atoms with Crippen LogP contribution >= 0.6 is 0 Å². The van der Waals surface area contributed by atoms with Gasteiger partial charge in [-0.25, -0.2) is 0 Å². The van der Waals surface area contributed by atoms with Gasteiger partial charge in [0.2, 0.25) is 11.8 Å². The molecule has 174 valence electrons. The lowest BCUT2D eigenvalue weighted by Gasteiger charge is -2.24. The molecule has 0 unspecified atom stereocenters. The second-order valence-corrected chi connectivity index (χ2v) is 9.30. The number of rotatable bonds is 11. The third kappa shape index (κ3) is 7.65. The number of amides is 2. The molecule has 0 radical (unpaired) electrons. The van der Waals surface area contributed by atoms with Gasteiger partial charge in [-0.1, -0.05) is 32.0 Å². The Labute approximate surface area is 189 Å². The summed E-state index contributed by atoms with van der Waals surface area (Å²) in [4.78, 5) is 25.4. The molecular formula is C23H30N2O6S. The molecule has 2 amide bonds. The number of carbonyl (C=O) groups excluding carboxylic acids is 2. The van der Waals surface area contributed by atoms with Crippen LogP contribution in [0.2, 0.25) is 0 Å². The average Bonchev–Trinajstić information content (AvgIpc) is 2.71. The van der Waals surface area contributed by atoms with Crippen LogP contribution in [-0.4, -0.2) is 45.4 Å². The normalized spacial score (nSPS) is 11.3. The van der Waals surface area contributed by atoms with Gasteiger partial charge >= 0.3 is 10.1 Å². The molecule has 0 aliphatic rings. The second kappa shape index (κ2) is 11.6. The Bertz CT molecular complexity index is 1020. The van der Waals surface area contributed by atoms with Gasteiger partial charge in [-0.3, -0.25) is 9.59 Å². The monoisotopic (exact) mass is 462 g/mol. The van der Waals surface area contributed by atoms with Crippen LogP contribution in [0.15, 0.2) is 53.4 Å². The Hall–Kier alpha value is -2.91. The fourth-order valence-corrected chi connectivity index (χ4v) is 3.93. The van der Waals surface area contributed by atoms with Crippen LogP contribution < -0.4 is 9.50 Å². The van der Waals surface area contributed by atoms with Gasteiger partial charge in [0.1, 0.15) is 10.6 Å². The molecule has 0 heterocycles. The number of anilines is 1. The standard InChI is InChI=1S/C23H30N2O6S/c1-17(2)15-23(27)25(13-14-30-4)16-19-7-5-6-8-22(19)31-32(28,29)21-11-9-20(10-12-21)24-18(3)26/h5-12,17H,13-16H2,1-4H3,(H,24,26). The lowest BCUT2D eigenvalue weighted by atomic mass is 10.1. The van der Waals surface area contributed by atoms with Gasteiger partial charge in [0, 0.05) is 44.8 Å². The first-order chi connectivity index (χ1) is 15.1. The number of benzene rings is 2. The minimum absolute atomic E-state index is 0.0386. The summed E-state index contributed by atoms with van der Waals surface area (Å²) in [6, 6.07) is 12.4. The van der Waals surface area contributed by atoms with Crippen molar-refractivity contribution in [2.45, 2.75) is 38.6 Å². The van der Waals surface area contributed by atoms with Crippen LogP contribution in [0.25, 0.3) is 0 Å². The van der Waals surface area contributed by atoms with Crippen LogP contribution in [0, 0.1) is 5.92 Å². The highest BCUT2D eigenvalue weighted by Gasteiger charge is 2.21.